The van der Waals surface area contributed by atoms with Gasteiger partial charge in [-0.15, -0.1) is 0 Å². The highest BCUT2D eigenvalue weighted by atomic mass is 32.2. The van der Waals surface area contributed by atoms with Crippen LogP contribution in [0.2, 0.25) is 0 Å². The summed E-state index contributed by atoms with van der Waals surface area (Å²) in [6.07, 6.45) is -5.75. The lowest BCUT2D eigenvalue weighted by Gasteiger charge is -2.25. The predicted molar refractivity (Wildman–Crippen MR) is 120 cm³/mol. The van der Waals surface area contributed by atoms with E-state index in [9.17, 15) is 39.2 Å². The number of hydrazone groups is 1. The van der Waals surface area contributed by atoms with Gasteiger partial charge in [0.05, 0.1) is 16.6 Å². The number of rotatable bonds is 5. The van der Waals surface area contributed by atoms with E-state index in [1.165, 1.54) is 42.5 Å². The SMILES string of the molecule is CS(=O)(=O)c1ccc(-c2cccc(C3CC(C(F)(F)C(F)(F)F)=NN3c3ccc(F)cc3F)c2)cc1. The van der Waals surface area contributed by atoms with E-state index in [1.807, 2.05) is 0 Å². The average molecular weight is 530 g/mol. The van der Waals surface area contributed by atoms with Gasteiger partial charge in [-0.25, -0.2) is 17.2 Å². The van der Waals surface area contributed by atoms with Gasteiger partial charge in [-0.1, -0.05) is 30.3 Å². The molecule has 0 bridgehead atoms. The molecule has 1 aliphatic heterocycles. The average Bonchev–Trinajstić information content (AvgIpc) is 3.24. The summed E-state index contributed by atoms with van der Waals surface area (Å²) < 4.78 is 119. The Morgan fingerprint density at radius 2 is 1.56 bits per heavy atom. The molecule has 1 unspecified atom stereocenters. The Morgan fingerprint density at radius 1 is 0.889 bits per heavy atom. The van der Waals surface area contributed by atoms with Crippen LogP contribution in [0, 0.1) is 11.6 Å². The smallest absolute Gasteiger partial charge is 0.255 e. The number of benzene rings is 3. The minimum Gasteiger partial charge on any atom is -0.255 e. The van der Waals surface area contributed by atoms with E-state index in [1.54, 1.807) is 6.07 Å². The predicted octanol–water partition coefficient (Wildman–Crippen LogP) is 6.54. The van der Waals surface area contributed by atoms with Crippen molar-refractivity contribution in [3.63, 3.8) is 0 Å². The number of alkyl halides is 5. The van der Waals surface area contributed by atoms with Crippen LogP contribution in [-0.4, -0.2) is 32.5 Å². The molecule has 4 nitrogen and oxygen atoms in total. The molecule has 0 aliphatic carbocycles. The number of halogens is 7. The van der Waals surface area contributed by atoms with E-state index < -0.39 is 57.4 Å². The van der Waals surface area contributed by atoms with Crippen LogP contribution >= 0.6 is 0 Å². The Bertz CT molecular complexity index is 1440. The monoisotopic (exact) mass is 530 g/mol. The highest BCUT2D eigenvalue weighted by Gasteiger charge is 2.63. The molecule has 1 aliphatic rings. The van der Waals surface area contributed by atoms with Gasteiger partial charge in [-0.3, -0.25) is 5.01 Å². The molecule has 12 heteroatoms. The van der Waals surface area contributed by atoms with E-state index in [0.717, 1.165) is 18.4 Å². The first-order chi connectivity index (χ1) is 16.7. The Kier molecular flexibility index (Phi) is 6.36. The van der Waals surface area contributed by atoms with Gasteiger partial charge in [0.25, 0.3) is 0 Å². The van der Waals surface area contributed by atoms with Crippen LogP contribution in [0.15, 0.2) is 76.7 Å². The van der Waals surface area contributed by atoms with Crippen LogP contribution in [0.25, 0.3) is 11.1 Å². The Morgan fingerprint density at radius 3 is 2.14 bits per heavy atom. The normalized spacial score (nSPS) is 16.8. The minimum atomic E-state index is -5.92. The van der Waals surface area contributed by atoms with Gasteiger partial charge in [-0.2, -0.15) is 27.1 Å². The topological polar surface area (TPSA) is 49.7 Å². The van der Waals surface area contributed by atoms with Crippen molar-refractivity contribution in [1.29, 1.82) is 0 Å². The van der Waals surface area contributed by atoms with Crippen molar-refractivity contribution in [2.45, 2.75) is 29.5 Å². The molecule has 4 rings (SSSR count). The van der Waals surface area contributed by atoms with Crippen molar-refractivity contribution >= 4 is 21.2 Å². The van der Waals surface area contributed by atoms with Gasteiger partial charge in [0.2, 0.25) is 0 Å². The lowest BCUT2D eigenvalue weighted by molar-refractivity contribution is -0.249. The molecule has 0 amide bonds. The van der Waals surface area contributed by atoms with Crippen molar-refractivity contribution < 1.29 is 39.2 Å². The third kappa shape index (κ3) is 4.81. The number of hydrogen-bond donors (Lipinski definition) is 0. The van der Waals surface area contributed by atoms with Gasteiger partial charge in [0, 0.05) is 18.7 Å². The Balaban J connectivity index is 1.77. The minimum absolute atomic E-state index is 0.0728. The number of hydrogen-bond acceptors (Lipinski definition) is 4. The molecule has 0 spiro atoms. The molecule has 36 heavy (non-hydrogen) atoms. The Hall–Kier alpha value is -3.41. The molecule has 1 atom stereocenters. The number of anilines is 1. The van der Waals surface area contributed by atoms with Gasteiger partial charge >= 0.3 is 12.1 Å². The van der Waals surface area contributed by atoms with Crippen LogP contribution in [0.5, 0.6) is 0 Å². The summed E-state index contributed by atoms with van der Waals surface area (Å²) in [7, 11) is -3.45. The van der Waals surface area contributed by atoms with Crippen molar-refractivity contribution in [2.24, 2.45) is 5.10 Å². The molecular formula is C24H17F7N2O2S. The summed E-state index contributed by atoms with van der Waals surface area (Å²) in [6, 6.07) is 12.8. The molecular weight excluding hydrogens is 513 g/mol. The summed E-state index contributed by atoms with van der Waals surface area (Å²) in [6.45, 7) is 0. The molecule has 0 radical (unpaired) electrons. The first-order valence-corrected chi connectivity index (χ1v) is 12.2. The fourth-order valence-corrected chi connectivity index (χ4v) is 4.46. The molecule has 0 N–H and O–H groups in total. The fraction of sp³-hybridized carbons (Fsp3) is 0.208. The molecule has 3 aromatic rings. The maximum Gasteiger partial charge on any atom is 0.459 e. The summed E-state index contributed by atoms with van der Waals surface area (Å²) in [5.74, 6) is -7.42. The number of sulfone groups is 1. The molecule has 0 aromatic heterocycles. The molecule has 0 fully saturated rings. The van der Waals surface area contributed by atoms with Gasteiger partial charge < -0.3 is 0 Å². The van der Waals surface area contributed by atoms with Crippen LogP contribution in [-0.2, 0) is 9.84 Å². The van der Waals surface area contributed by atoms with E-state index in [0.29, 0.717) is 22.2 Å². The summed E-state index contributed by atoms with van der Waals surface area (Å²) in [5, 5.41) is 4.13. The molecule has 0 saturated heterocycles. The summed E-state index contributed by atoms with van der Waals surface area (Å²) in [4.78, 5) is 0.0728. The van der Waals surface area contributed by atoms with E-state index >= 15 is 0 Å². The van der Waals surface area contributed by atoms with Gasteiger partial charge in [0.15, 0.2) is 15.7 Å². The van der Waals surface area contributed by atoms with Crippen LogP contribution in [0.3, 0.4) is 0 Å². The first-order valence-electron chi connectivity index (χ1n) is 10.4. The molecule has 1 heterocycles. The second-order valence-electron chi connectivity index (χ2n) is 8.20. The fourth-order valence-electron chi connectivity index (χ4n) is 3.83. The van der Waals surface area contributed by atoms with Crippen LogP contribution < -0.4 is 5.01 Å². The zero-order valence-electron chi connectivity index (χ0n) is 18.4. The quantitative estimate of drug-likeness (QED) is 0.352. The maximum atomic E-state index is 14.5. The van der Waals surface area contributed by atoms with Crippen molar-refractivity contribution in [2.75, 3.05) is 11.3 Å². The second-order valence-corrected chi connectivity index (χ2v) is 10.2. The summed E-state index contributed by atoms with van der Waals surface area (Å²) >= 11 is 0. The van der Waals surface area contributed by atoms with Crippen molar-refractivity contribution in [3.8, 4) is 11.1 Å². The summed E-state index contributed by atoms with van der Waals surface area (Å²) in [5.41, 5.74) is -0.698. The van der Waals surface area contributed by atoms with Crippen molar-refractivity contribution in [3.05, 3.63) is 83.9 Å². The lowest BCUT2D eigenvalue weighted by Crippen LogP contribution is -2.43. The highest BCUT2D eigenvalue weighted by molar-refractivity contribution is 7.90. The van der Waals surface area contributed by atoms with E-state index in [-0.39, 0.29) is 10.5 Å². The van der Waals surface area contributed by atoms with Crippen molar-refractivity contribution in [1.82, 2.24) is 0 Å². The standard InChI is InChI=1S/C24H17F7N2O2S/c1-36(34,35)18-8-5-14(6-9-18)15-3-2-4-16(11-15)21-13-22(23(27,28)24(29,30)31)32-33(21)20-10-7-17(25)12-19(20)26/h2-12,21H,13H2,1H3. The molecule has 3 aromatic carbocycles. The molecule has 0 saturated carbocycles. The van der Waals surface area contributed by atoms with E-state index in [2.05, 4.69) is 5.10 Å². The third-order valence-corrected chi connectivity index (χ3v) is 6.80. The Labute approximate surface area is 201 Å². The van der Waals surface area contributed by atoms with Crippen LogP contribution in [0.1, 0.15) is 18.0 Å². The first kappa shape index (κ1) is 25.7. The van der Waals surface area contributed by atoms with Gasteiger partial charge in [0.1, 0.15) is 11.5 Å². The third-order valence-electron chi connectivity index (χ3n) is 5.67. The zero-order chi connectivity index (χ0) is 26.5. The van der Waals surface area contributed by atoms with Gasteiger partial charge in [-0.05, 0) is 47.0 Å². The maximum absolute atomic E-state index is 14.5. The number of nitrogens with zero attached hydrogens (tertiary/aromatic N) is 2. The highest BCUT2D eigenvalue weighted by Crippen LogP contribution is 2.45. The van der Waals surface area contributed by atoms with Crippen LogP contribution in [0.4, 0.5) is 36.4 Å². The zero-order valence-corrected chi connectivity index (χ0v) is 19.2. The van der Waals surface area contributed by atoms with E-state index in [4.69, 9.17) is 0 Å². The lowest BCUT2D eigenvalue weighted by atomic mass is 9.95. The largest absolute Gasteiger partial charge is 0.459 e. The molecule has 190 valence electrons. The second kappa shape index (κ2) is 8.91.